The molecule has 0 spiro atoms. The molecule has 0 unspecified atom stereocenters. The normalized spacial score (nSPS) is 23.4. The molecule has 3 rings (SSSR count). The van der Waals surface area contributed by atoms with E-state index in [1.165, 1.54) is 12.1 Å². The van der Waals surface area contributed by atoms with Crippen molar-refractivity contribution in [3.05, 3.63) is 46.9 Å². The summed E-state index contributed by atoms with van der Waals surface area (Å²) in [7, 11) is -0.306. The van der Waals surface area contributed by atoms with E-state index in [-0.39, 0.29) is 18.3 Å². The molecule has 1 aromatic rings. The second-order valence-electron chi connectivity index (χ2n) is 7.59. The Morgan fingerprint density at radius 3 is 2.33 bits per heavy atom. The lowest BCUT2D eigenvalue weighted by atomic mass is 9.74. The van der Waals surface area contributed by atoms with Crippen LogP contribution in [0.25, 0.3) is 0 Å². The van der Waals surface area contributed by atoms with Crippen molar-refractivity contribution in [1.82, 2.24) is 4.90 Å². The summed E-state index contributed by atoms with van der Waals surface area (Å²) in [5.74, 6) is -1.03. The first-order chi connectivity index (χ1) is 11.2. The van der Waals surface area contributed by atoms with E-state index >= 15 is 0 Å². The molecule has 0 bridgehead atoms. The maximum Gasteiger partial charge on any atom is 0.490 e. The quantitative estimate of drug-likeness (QED) is 0.786. The van der Waals surface area contributed by atoms with E-state index in [0.29, 0.717) is 18.7 Å². The molecule has 1 aromatic carbocycles. The Bertz CT molecular complexity index is 644. The second-order valence-corrected chi connectivity index (χ2v) is 7.59. The van der Waals surface area contributed by atoms with E-state index in [1.54, 1.807) is 0 Å². The zero-order chi connectivity index (χ0) is 17.5. The van der Waals surface area contributed by atoms with Gasteiger partial charge < -0.3 is 9.31 Å². The van der Waals surface area contributed by atoms with Gasteiger partial charge in [0.1, 0.15) is 11.6 Å². The minimum absolute atomic E-state index is 0.306. The van der Waals surface area contributed by atoms with Gasteiger partial charge in [-0.15, -0.1) is 0 Å². The molecule has 0 atom stereocenters. The van der Waals surface area contributed by atoms with Crippen LogP contribution >= 0.6 is 0 Å². The van der Waals surface area contributed by atoms with Crippen molar-refractivity contribution >= 4 is 7.12 Å². The van der Waals surface area contributed by atoms with Crippen LogP contribution in [-0.2, 0) is 15.9 Å². The number of hydrogen-bond acceptors (Lipinski definition) is 3. The van der Waals surface area contributed by atoms with Crippen LogP contribution in [0.3, 0.4) is 0 Å². The highest BCUT2D eigenvalue weighted by Crippen LogP contribution is 2.39. The zero-order valence-electron chi connectivity index (χ0n) is 14.7. The maximum absolute atomic E-state index is 13.8. The molecule has 0 radical (unpaired) electrons. The topological polar surface area (TPSA) is 21.7 Å². The van der Waals surface area contributed by atoms with Crippen LogP contribution in [0.5, 0.6) is 0 Å². The highest BCUT2D eigenvalue weighted by atomic mass is 19.1. The van der Waals surface area contributed by atoms with Gasteiger partial charge in [-0.1, -0.05) is 12.1 Å². The van der Waals surface area contributed by atoms with Gasteiger partial charge in [-0.05, 0) is 45.7 Å². The summed E-state index contributed by atoms with van der Waals surface area (Å²) in [6.45, 7) is 10.1. The lowest BCUT2D eigenvalue weighted by Crippen LogP contribution is -2.41. The van der Waals surface area contributed by atoms with Crippen molar-refractivity contribution in [2.24, 2.45) is 0 Å². The van der Waals surface area contributed by atoms with Gasteiger partial charge in [0.25, 0.3) is 0 Å². The van der Waals surface area contributed by atoms with Crippen molar-refractivity contribution in [1.29, 1.82) is 0 Å². The monoisotopic (exact) mass is 335 g/mol. The molecule has 130 valence electrons. The van der Waals surface area contributed by atoms with Gasteiger partial charge in [-0.2, -0.15) is 0 Å². The van der Waals surface area contributed by atoms with Crippen LogP contribution in [-0.4, -0.2) is 36.3 Å². The number of halogens is 2. The highest BCUT2D eigenvalue weighted by molar-refractivity contribution is 6.54. The van der Waals surface area contributed by atoms with Gasteiger partial charge in [-0.25, -0.2) is 8.78 Å². The van der Waals surface area contributed by atoms with Gasteiger partial charge >= 0.3 is 7.12 Å². The first-order valence-corrected chi connectivity index (χ1v) is 8.39. The van der Waals surface area contributed by atoms with Crippen molar-refractivity contribution in [2.45, 2.75) is 51.9 Å². The van der Waals surface area contributed by atoms with E-state index in [0.717, 1.165) is 24.5 Å². The molecule has 2 aliphatic heterocycles. The fourth-order valence-corrected chi connectivity index (χ4v) is 2.97. The first-order valence-electron chi connectivity index (χ1n) is 8.39. The summed E-state index contributed by atoms with van der Waals surface area (Å²) >= 11 is 0. The van der Waals surface area contributed by atoms with E-state index in [9.17, 15) is 8.78 Å². The van der Waals surface area contributed by atoms with E-state index in [2.05, 4.69) is 11.0 Å². The molecule has 2 heterocycles. The summed E-state index contributed by atoms with van der Waals surface area (Å²) in [6.07, 6.45) is 2.92. The minimum Gasteiger partial charge on any atom is -0.400 e. The molecule has 1 saturated heterocycles. The largest absolute Gasteiger partial charge is 0.490 e. The summed E-state index contributed by atoms with van der Waals surface area (Å²) in [4.78, 5) is 2.13. The molecule has 6 heteroatoms. The fourth-order valence-electron chi connectivity index (χ4n) is 2.97. The Hall–Kier alpha value is -1.24. The molecule has 3 nitrogen and oxygen atoms in total. The van der Waals surface area contributed by atoms with Crippen LogP contribution in [0.4, 0.5) is 8.78 Å². The smallest absolute Gasteiger partial charge is 0.400 e. The van der Waals surface area contributed by atoms with Crippen molar-refractivity contribution < 1.29 is 18.1 Å². The minimum atomic E-state index is -0.544. The highest BCUT2D eigenvalue weighted by Gasteiger charge is 2.52. The Balaban J connectivity index is 1.63. The second kappa shape index (κ2) is 6.25. The van der Waals surface area contributed by atoms with Gasteiger partial charge in [0.15, 0.2) is 0 Å². The van der Waals surface area contributed by atoms with Crippen LogP contribution in [0.1, 0.15) is 39.7 Å². The summed E-state index contributed by atoms with van der Waals surface area (Å²) in [5.41, 5.74) is 0.980. The van der Waals surface area contributed by atoms with E-state index in [4.69, 9.17) is 9.31 Å². The average Bonchev–Trinajstić information content (AvgIpc) is 2.71. The summed E-state index contributed by atoms with van der Waals surface area (Å²) in [5, 5.41) is 0. The lowest BCUT2D eigenvalue weighted by molar-refractivity contribution is 0.00578. The molecular formula is C18H24BF2NO2. The molecule has 1 fully saturated rings. The third-order valence-electron chi connectivity index (χ3n) is 5.29. The Kier molecular flexibility index (Phi) is 4.58. The zero-order valence-corrected chi connectivity index (χ0v) is 14.7. The SMILES string of the molecule is CC1(C)OB(C2=CCN(Cc3ccc(F)cc3F)CC2)OC1(C)C. The number of hydrogen-bond donors (Lipinski definition) is 0. The first kappa shape index (κ1) is 17.6. The Labute approximate surface area is 142 Å². The lowest BCUT2D eigenvalue weighted by Gasteiger charge is -2.32. The van der Waals surface area contributed by atoms with Crippen molar-refractivity contribution in [3.63, 3.8) is 0 Å². The number of benzene rings is 1. The molecular weight excluding hydrogens is 311 g/mol. The van der Waals surface area contributed by atoms with Crippen LogP contribution in [0.2, 0.25) is 0 Å². The molecule has 24 heavy (non-hydrogen) atoms. The van der Waals surface area contributed by atoms with Crippen LogP contribution in [0, 0.1) is 11.6 Å². The average molecular weight is 335 g/mol. The molecule has 0 aromatic heterocycles. The summed E-state index contributed by atoms with van der Waals surface area (Å²) in [6, 6.07) is 3.75. The van der Waals surface area contributed by atoms with Gasteiger partial charge in [0.2, 0.25) is 0 Å². The third-order valence-corrected chi connectivity index (χ3v) is 5.29. The van der Waals surface area contributed by atoms with Crippen LogP contribution < -0.4 is 0 Å². The van der Waals surface area contributed by atoms with E-state index < -0.39 is 11.6 Å². The maximum atomic E-state index is 13.8. The molecule has 0 saturated carbocycles. The van der Waals surface area contributed by atoms with Crippen molar-refractivity contribution in [2.75, 3.05) is 13.1 Å². The van der Waals surface area contributed by atoms with Crippen molar-refractivity contribution in [3.8, 4) is 0 Å². The summed E-state index contributed by atoms with van der Waals surface area (Å²) < 4.78 is 38.9. The predicted octanol–water partition coefficient (Wildman–Crippen LogP) is 3.73. The molecule has 0 aliphatic carbocycles. The molecule has 2 aliphatic rings. The fraction of sp³-hybridized carbons (Fsp3) is 0.556. The van der Waals surface area contributed by atoms with Gasteiger partial charge in [-0.3, -0.25) is 4.90 Å². The van der Waals surface area contributed by atoms with Crippen LogP contribution in [0.15, 0.2) is 29.7 Å². The Morgan fingerprint density at radius 1 is 1.12 bits per heavy atom. The van der Waals surface area contributed by atoms with E-state index in [1.807, 2.05) is 27.7 Å². The molecule has 0 N–H and O–H groups in total. The van der Waals surface area contributed by atoms with Gasteiger partial charge in [0.05, 0.1) is 11.2 Å². The van der Waals surface area contributed by atoms with Gasteiger partial charge in [0, 0.05) is 31.3 Å². The standard InChI is InChI=1S/C18H24BF2NO2/c1-17(2)18(3,4)24-19(23-17)14-7-9-22(10-8-14)12-13-5-6-15(20)11-16(13)21/h5-7,11H,8-10,12H2,1-4H3. The predicted molar refractivity (Wildman–Crippen MR) is 90.4 cm³/mol. The molecule has 0 amide bonds. The third kappa shape index (κ3) is 3.41. The number of nitrogens with zero attached hydrogens (tertiary/aromatic N) is 1. The number of rotatable bonds is 3. The Morgan fingerprint density at radius 2 is 1.79 bits per heavy atom.